The molecule has 0 saturated heterocycles. The summed E-state index contributed by atoms with van der Waals surface area (Å²) in [4.78, 5) is 0. The van der Waals surface area contributed by atoms with E-state index in [4.69, 9.17) is 5.11 Å². The summed E-state index contributed by atoms with van der Waals surface area (Å²) in [7, 11) is 0. The van der Waals surface area contributed by atoms with E-state index in [9.17, 15) is 0 Å². The van der Waals surface area contributed by atoms with E-state index in [0.29, 0.717) is 6.61 Å². The molecule has 0 unspecified atom stereocenters. The second kappa shape index (κ2) is 8.52. The van der Waals surface area contributed by atoms with Gasteiger partial charge in [0.05, 0.1) is 0 Å². The SMILES string of the molecule is CC(C)=CCCC(C)=CCCC(C)(C)CCO. The van der Waals surface area contributed by atoms with Crippen molar-refractivity contribution in [3.8, 4) is 0 Å². The van der Waals surface area contributed by atoms with Crippen LogP contribution in [0.15, 0.2) is 23.3 Å². The van der Waals surface area contributed by atoms with Crippen LogP contribution in [0.2, 0.25) is 0 Å². The molecule has 0 aliphatic rings. The first kappa shape index (κ1) is 16.4. The topological polar surface area (TPSA) is 20.2 Å². The Balaban J connectivity index is 3.87. The second-order valence-corrected chi connectivity index (χ2v) is 6.05. The maximum Gasteiger partial charge on any atom is 0.0436 e. The van der Waals surface area contributed by atoms with Crippen LogP contribution in [0.5, 0.6) is 0 Å². The molecule has 0 spiro atoms. The summed E-state index contributed by atoms with van der Waals surface area (Å²) < 4.78 is 0. The quantitative estimate of drug-likeness (QED) is 0.598. The van der Waals surface area contributed by atoms with Crippen LogP contribution >= 0.6 is 0 Å². The molecule has 0 radical (unpaired) electrons. The van der Waals surface area contributed by atoms with Crippen molar-refractivity contribution >= 4 is 0 Å². The van der Waals surface area contributed by atoms with Gasteiger partial charge in [-0.3, -0.25) is 0 Å². The van der Waals surface area contributed by atoms with Crippen LogP contribution in [-0.4, -0.2) is 11.7 Å². The van der Waals surface area contributed by atoms with Crippen molar-refractivity contribution in [1.82, 2.24) is 0 Å². The van der Waals surface area contributed by atoms with E-state index in [-0.39, 0.29) is 5.41 Å². The Morgan fingerprint density at radius 2 is 1.65 bits per heavy atom. The summed E-state index contributed by atoms with van der Waals surface area (Å²) >= 11 is 0. The lowest BCUT2D eigenvalue weighted by Gasteiger charge is -2.22. The third kappa shape index (κ3) is 10.3. The van der Waals surface area contributed by atoms with E-state index < -0.39 is 0 Å². The zero-order chi connectivity index (χ0) is 13.3. The molecule has 17 heavy (non-hydrogen) atoms. The van der Waals surface area contributed by atoms with Gasteiger partial charge in [0.2, 0.25) is 0 Å². The first-order chi connectivity index (χ1) is 7.87. The summed E-state index contributed by atoms with van der Waals surface area (Å²) in [6.45, 7) is 11.3. The lowest BCUT2D eigenvalue weighted by molar-refractivity contribution is 0.203. The van der Waals surface area contributed by atoms with Gasteiger partial charge in [0.1, 0.15) is 0 Å². The van der Waals surface area contributed by atoms with E-state index in [1.54, 1.807) is 0 Å². The van der Waals surface area contributed by atoms with Crippen LogP contribution in [0.25, 0.3) is 0 Å². The highest BCUT2D eigenvalue weighted by molar-refractivity contribution is 5.02. The van der Waals surface area contributed by atoms with E-state index in [1.165, 1.54) is 17.6 Å². The Morgan fingerprint density at radius 1 is 1.00 bits per heavy atom. The highest BCUT2D eigenvalue weighted by Gasteiger charge is 2.15. The average molecular weight is 238 g/mol. The second-order valence-electron chi connectivity index (χ2n) is 6.05. The Labute approximate surface area is 108 Å². The Kier molecular flexibility index (Phi) is 8.24. The fraction of sp³-hybridized carbons (Fsp3) is 0.750. The summed E-state index contributed by atoms with van der Waals surface area (Å²) in [5, 5.41) is 8.96. The molecule has 1 nitrogen and oxygen atoms in total. The lowest BCUT2D eigenvalue weighted by atomic mass is 9.84. The molecule has 0 fully saturated rings. The number of aliphatic hydroxyl groups is 1. The first-order valence-corrected chi connectivity index (χ1v) is 6.77. The molecule has 1 heteroatoms. The third-order valence-electron chi connectivity index (χ3n) is 3.19. The number of hydrogen-bond acceptors (Lipinski definition) is 1. The van der Waals surface area contributed by atoms with Gasteiger partial charge < -0.3 is 5.11 Å². The van der Waals surface area contributed by atoms with Crippen LogP contribution < -0.4 is 0 Å². The number of allylic oxidation sites excluding steroid dienone is 4. The predicted molar refractivity (Wildman–Crippen MR) is 77.1 cm³/mol. The molecule has 0 atom stereocenters. The van der Waals surface area contributed by atoms with Gasteiger partial charge in [-0.2, -0.15) is 0 Å². The van der Waals surface area contributed by atoms with Crippen molar-refractivity contribution in [2.75, 3.05) is 6.61 Å². The van der Waals surface area contributed by atoms with Crippen LogP contribution in [0.1, 0.15) is 66.7 Å². The van der Waals surface area contributed by atoms with Crippen LogP contribution in [0, 0.1) is 5.41 Å². The Hall–Kier alpha value is -0.560. The Bertz CT molecular complexity index is 255. The average Bonchev–Trinajstić information content (AvgIpc) is 2.16. The monoisotopic (exact) mass is 238 g/mol. The minimum atomic E-state index is 0.269. The predicted octanol–water partition coefficient (Wildman–Crippen LogP) is 4.87. The van der Waals surface area contributed by atoms with Crippen molar-refractivity contribution in [2.24, 2.45) is 5.41 Å². The van der Waals surface area contributed by atoms with Gasteiger partial charge in [-0.25, -0.2) is 0 Å². The molecule has 0 heterocycles. The molecule has 0 aromatic carbocycles. The van der Waals surface area contributed by atoms with E-state index >= 15 is 0 Å². The molecule has 1 N–H and O–H groups in total. The van der Waals surface area contributed by atoms with Crippen molar-refractivity contribution in [3.05, 3.63) is 23.3 Å². The van der Waals surface area contributed by atoms with E-state index in [2.05, 4.69) is 46.8 Å². The largest absolute Gasteiger partial charge is 0.396 e. The molecular formula is C16H30O. The van der Waals surface area contributed by atoms with E-state index in [1.807, 2.05) is 0 Å². The minimum Gasteiger partial charge on any atom is -0.396 e. The molecule has 0 rings (SSSR count). The van der Waals surface area contributed by atoms with Crippen LogP contribution in [-0.2, 0) is 0 Å². The minimum absolute atomic E-state index is 0.269. The van der Waals surface area contributed by atoms with Crippen LogP contribution in [0.3, 0.4) is 0 Å². The maximum atomic E-state index is 8.96. The number of hydrogen-bond donors (Lipinski definition) is 1. The molecule has 0 aliphatic carbocycles. The fourth-order valence-electron chi connectivity index (χ4n) is 1.83. The molecule has 0 saturated carbocycles. The van der Waals surface area contributed by atoms with Gasteiger partial charge >= 0.3 is 0 Å². The van der Waals surface area contributed by atoms with Gasteiger partial charge in [-0.15, -0.1) is 0 Å². The standard InChI is InChI=1S/C16H30O/c1-14(2)8-6-9-15(3)10-7-11-16(4,5)12-13-17/h8,10,17H,6-7,9,11-13H2,1-5H3. The van der Waals surface area contributed by atoms with Gasteiger partial charge in [0, 0.05) is 6.61 Å². The molecule has 0 aromatic rings. The van der Waals surface area contributed by atoms with Crippen molar-refractivity contribution in [2.45, 2.75) is 66.7 Å². The molecule has 0 aromatic heterocycles. The normalized spacial score (nSPS) is 12.7. The first-order valence-electron chi connectivity index (χ1n) is 6.77. The maximum absolute atomic E-state index is 8.96. The zero-order valence-electron chi connectivity index (χ0n) is 12.3. The molecular weight excluding hydrogens is 208 g/mol. The molecule has 0 aliphatic heterocycles. The van der Waals surface area contributed by atoms with Gasteiger partial charge in [0.25, 0.3) is 0 Å². The summed E-state index contributed by atoms with van der Waals surface area (Å²) in [5.41, 5.74) is 3.16. The lowest BCUT2D eigenvalue weighted by Crippen LogP contribution is -2.12. The molecule has 100 valence electrons. The zero-order valence-corrected chi connectivity index (χ0v) is 12.3. The number of aliphatic hydroxyl groups excluding tert-OH is 1. The number of rotatable bonds is 8. The summed E-state index contributed by atoms with van der Waals surface area (Å²) in [6, 6.07) is 0. The smallest absolute Gasteiger partial charge is 0.0436 e. The van der Waals surface area contributed by atoms with Gasteiger partial charge in [-0.1, -0.05) is 37.1 Å². The van der Waals surface area contributed by atoms with Gasteiger partial charge in [-0.05, 0) is 58.3 Å². The van der Waals surface area contributed by atoms with Crippen LogP contribution in [0.4, 0.5) is 0 Å². The Morgan fingerprint density at radius 3 is 2.18 bits per heavy atom. The molecule has 0 bridgehead atoms. The van der Waals surface area contributed by atoms with Crippen molar-refractivity contribution < 1.29 is 5.11 Å². The molecule has 0 amide bonds. The third-order valence-corrected chi connectivity index (χ3v) is 3.19. The summed E-state index contributed by atoms with van der Waals surface area (Å²) in [5.74, 6) is 0. The highest BCUT2D eigenvalue weighted by Crippen LogP contribution is 2.26. The fourth-order valence-corrected chi connectivity index (χ4v) is 1.83. The van der Waals surface area contributed by atoms with Crippen molar-refractivity contribution in [1.29, 1.82) is 0 Å². The van der Waals surface area contributed by atoms with Crippen molar-refractivity contribution in [3.63, 3.8) is 0 Å². The van der Waals surface area contributed by atoms with E-state index in [0.717, 1.165) is 25.7 Å². The summed E-state index contributed by atoms with van der Waals surface area (Å²) in [6.07, 6.45) is 10.2. The van der Waals surface area contributed by atoms with Gasteiger partial charge in [0.15, 0.2) is 0 Å². The highest BCUT2D eigenvalue weighted by atomic mass is 16.3.